The SMILES string of the molecule is C1=C\CC/C=C\CC/1.[Cl-].[Rh].c1ccc(-c2ccccn2)nc1. The number of nitrogens with zero attached hydrogens (tertiary/aromatic N) is 2. The van der Waals surface area contributed by atoms with Crippen molar-refractivity contribution in [2.24, 2.45) is 0 Å². The first-order valence-electron chi connectivity index (χ1n) is 7.09. The summed E-state index contributed by atoms with van der Waals surface area (Å²) in [6.07, 6.45) is 17.5. The zero-order valence-electron chi connectivity index (χ0n) is 12.4. The van der Waals surface area contributed by atoms with Gasteiger partial charge in [-0.25, -0.2) is 0 Å². The van der Waals surface area contributed by atoms with E-state index < -0.39 is 0 Å². The number of hydrogen-bond acceptors (Lipinski definition) is 2. The molecule has 0 fully saturated rings. The Balaban J connectivity index is 0.000000393. The van der Waals surface area contributed by atoms with Crippen LogP contribution in [0.5, 0.6) is 0 Å². The van der Waals surface area contributed by atoms with Crippen molar-refractivity contribution in [3.05, 3.63) is 73.1 Å². The van der Waals surface area contributed by atoms with Gasteiger partial charge >= 0.3 is 0 Å². The predicted molar refractivity (Wildman–Crippen MR) is 84.2 cm³/mol. The molecule has 0 amide bonds. The van der Waals surface area contributed by atoms with Gasteiger partial charge in [-0.05, 0) is 49.9 Å². The first kappa shape index (κ1) is 20.7. The zero-order valence-corrected chi connectivity index (χ0v) is 14.8. The van der Waals surface area contributed by atoms with Gasteiger partial charge in [0.05, 0.1) is 11.4 Å². The second-order valence-corrected chi connectivity index (χ2v) is 4.53. The Morgan fingerprint density at radius 2 is 0.955 bits per heavy atom. The third kappa shape index (κ3) is 8.21. The van der Waals surface area contributed by atoms with Gasteiger partial charge in [-0.15, -0.1) is 0 Å². The molecule has 22 heavy (non-hydrogen) atoms. The number of halogens is 1. The van der Waals surface area contributed by atoms with Gasteiger partial charge in [0.1, 0.15) is 0 Å². The molecule has 0 saturated heterocycles. The van der Waals surface area contributed by atoms with Crippen molar-refractivity contribution >= 4 is 0 Å². The van der Waals surface area contributed by atoms with E-state index in [4.69, 9.17) is 0 Å². The Labute approximate surface area is 152 Å². The van der Waals surface area contributed by atoms with Crippen molar-refractivity contribution in [2.45, 2.75) is 25.7 Å². The van der Waals surface area contributed by atoms with E-state index >= 15 is 0 Å². The molecule has 0 atom stereocenters. The van der Waals surface area contributed by atoms with Crippen LogP contribution in [0, 0.1) is 0 Å². The molecule has 1 aliphatic carbocycles. The van der Waals surface area contributed by atoms with Gasteiger partial charge < -0.3 is 12.4 Å². The first-order chi connectivity index (χ1) is 9.97. The van der Waals surface area contributed by atoms with Crippen LogP contribution in [0.2, 0.25) is 0 Å². The van der Waals surface area contributed by atoms with Gasteiger partial charge in [0, 0.05) is 31.9 Å². The van der Waals surface area contributed by atoms with Crippen molar-refractivity contribution in [2.75, 3.05) is 0 Å². The molecule has 2 heterocycles. The van der Waals surface area contributed by atoms with Gasteiger partial charge in [-0.2, -0.15) is 0 Å². The normalized spacial score (nSPS) is 15.5. The van der Waals surface area contributed by atoms with Crippen LogP contribution in [0.25, 0.3) is 11.4 Å². The second-order valence-electron chi connectivity index (χ2n) is 4.53. The van der Waals surface area contributed by atoms with Crippen LogP contribution >= 0.6 is 0 Å². The fraction of sp³-hybridized carbons (Fsp3) is 0.222. The average Bonchev–Trinajstić information content (AvgIpc) is 2.49. The summed E-state index contributed by atoms with van der Waals surface area (Å²) >= 11 is 0. The van der Waals surface area contributed by atoms with E-state index in [2.05, 4.69) is 34.3 Å². The van der Waals surface area contributed by atoms with Crippen LogP contribution in [0.3, 0.4) is 0 Å². The van der Waals surface area contributed by atoms with E-state index in [9.17, 15) is 0 Å². The van der Waals surface area contributed by atoms with Crippen LogP contribution < -0.4 is 12.4 Å². The summed E-state index contributed by atoms with van der Waals surface area (Å²) in [4.78, 5) is 8.37. The average molecular weight is 403 g/mol. The quantitative estimate of drug-likeness (QED) is 0.537. The largest absolute Gasteiger partial charge is 1.00 e. The third-order valence-corrected chi connectivity index (χ3v) is 2.93. The Morgan fingerprint density at radius 3 is 1.23 bits per heavy atom. The van der Waals surface area contributed by atoms with E-state index in [-0.39, 0.29) is 31.9 Å². The first-order valence-corrected chi connectivity index (χ1v) is 7.09. The van der Waals surface area contributed by atoms with E-state index in [1.807, 2.05) is 36.4 Å². The molecule has 0 spiro atoms. The van der Waals surface area contributed by atoms with Crippen molar-refractivity contribution in [3.8, 4) is 11.4 Å². The molecule has 0 bridgehead atoms. The summed E-state index contributed by atoms with van der Waals surface area (Å²) in [7, 11) is 0. The zero-order chi connectivity index (χ0) is 13.9. The Kier molecular flexibility index (Phi) is 12.6. The maximum Gasteiger partial charge on any atom is 0.0886 e. The van der Waals surface area contributed by atoms with Gasteiger partial charge in [0.2, 0.25) is 0 Å². The number of rotatable bonds is 1. The Hall–Kier alpha value is -1.31. The smallest absolute Gasteiger partial charge is 0.0886 e. The van der Waals surface area contributed by atoms with E-state index in [0.29, 0.717) is 0 Å². The van der Waals surface area contributed by atoms with Crippen LogP contribution in [0.4, 0.5) is 0 Å². The van der Waals surface area contributed by atoms with Crippen LogP contribution in [-0.4, -0.2) is 9.97 Å². The van der Waals surface area contributed by atoms with Crippen molar-refractivity contribution < 1.29 is 31.9 Å². The monoisotopic (exact) mass is 402 g/mol. The van der Waals surface area contributed by atoms with Gasteiger partial charge in [0.25, 0.3) is 0 Å². The molecular formula is C18H20ClN2Rh-. The maximum atomic E-state index is 4.19. The molecule has 1 aliphatic rings. The number of hydrogen-bond donors (Lipinski definition) is 0. The number of pyridine rings is 2. The second kappa shape index (κ2) is 13.4. The number of aromatic nitrogens is 2. The minimum atomic E-state index is 0. The summed E-state index contributed by atoms with van der Waals surface area (Å²) in [5, 5.41) is 0. The summed E-state index contributed by atoms with van der Waals surface area (Å²) in [5.41, 5.74) is 1.83. The summed E-state index contributed by atoms with van der Waals surface area (Å²) < 4.78 is 0. The van der Waals surface area contributed by atoms with E-state index in [1.165, 1.54) is 25.7 Å². The maximum absolute atomic E-state index is 4.19. The van der Waals surface area contributed by atoms with Gasteiger partial charge in [-0.1, -0.05) is 36.4 Å². The summed E-state index contributed by atoms with van der Waals surface area (Å²) in [5.74, 6) is 0. The minimum absolute atomic E-state index is 0. The van der Waals surface area contributed by atoms with Crippen molar-refractivity contribution in [3.63, 3.8) is 0 Å². The molecule has 0 unspecified atom stereocenters. The van der Waals surface area contributed by atoms with Crippen molar-refractivity contribution in [1.82, 2.24) is 9.97 Å². The van der Waals surface area contributed by atoms with E-state index in [1.54, 1.807) is 12.4 Å². The number of allylic oxidation sites excluding steroid dienone is 4. The Bertz CT molecular complexity index is 478. The molecule has 2 aromatic rings. The fourth-order valence-electron chi connectivity index (χ4n) is 1.88. The van der Waals surface area contributed by atoms with Crippen LogP contribution in [0.15, 0.2) is 73.1 Å². The molecule has 0 N–H and O–H groups in total. The molecule has 0 aromatic carbocycles. The molecule has 1 radical (unpaired) electrons. The minimum Gasteiger partial charge on any atom is -1.00 e. The topological polar surface area (TPSA) is 25.8 Å². The standard InChI is InChI=1S/C10H8N2.C8H12.ClH.Rh/c1-3-7-11-9(5-1)10-6-2-4-8-12-10;1-2-4-6-8-7-5-3-1;;/h1-8H;1-2,7-8H,3-6H2;1H;/p-1/b;2-1-,8-7-;;. The van der Waals surface area contributed by atoms with Gasteiger partial charge in [0.15, 0.2) is 0 Å². The molecule has 0 aliphatic heterocycles. The van der Waals surface area contributed by atoms with Crippen LogP contribution in [-0.2, 0) is 19.5 Å². The Morgan fingerprint density at radius 1 is 0.591 bits per heavy atom. The molecule has 0 saturated carbocycles. The molecular weight excluding hydrogens is 383 g/mol. The molecule has 2 nitrogen and oxygen atoms in total. The molecule has 2 aromatic heterocycles. The summed E-state index contributed by atoms with van der Waals surface area (Å²) in [6, 6.07) is 11.6. The predicted octanol–water partition coefficient (Wildman–Crippen LogP) is 1.82. The molecule has 4 heteroatoms. The summed E-state index contributed by atoms with van der Waals surface area (Å²) in [6.45, 7) is 0. The molecule has 119 valence electrons. The third-order valence-electron chi connectivity index (χ3n) is 2.93. The van der Waals surface area contributed by atoms with E-state index in [0.717, 1.165) is 11.4 Å². The van der Waals surface area contributed by atoms with Gasteiger partial charge in [-0.3, -0.25) is 9.97 Å². The molecule has 3 rings (SSSR count). The fourth-order valence-corrected chi connectivity index (χ4v) is 1.88. The van der Waals surface area contributed by atoms with Crippen LogP contribution in [0.1, 0.15) is 25.7 Å². The van der Waals surface area contributed by atoms with Crippen molar-refractivity contribution in [1.29, 1.82) is 0 Å².